The molecule has 0 bridgehead atoms. The number of anilines is 1. The van der Waals surface area contributed by atoms with Crippen molar-refractivity contribution in [3.8, 4) is 0 Å². The number of H-pyrrole nitrogens is 1. The zero-order valence-corrected chi connectivity index (χ0v) is 9.92. The lowest BCUT2D eigenvalue weighted by Gasteiger charge is -2.14. The van der Waals surface area contributed by atoms with Crippen molar-refractivity contribution in [1.29, 1.82) is 0 Å². The van der Waals surface area contributed by atoms with Crippen molar-refractivity contribution in [1.82, 2.24) is 9.97 Å². The molecule has 16 heavy (non-hydrogen) atoms. The highest BCUT2D eigenvalue weighted by Crippen LogP contribution is 2.14. The number of halogens is 1. The zero-order chi connectivity index (χ0) is 12.0. The highest BCUT2D eigenvalue weighted by molar-refractivity contribution is 6.32. The normalized spacial score (nSPS) is 12.4. The topological polar surface area (TPSA) is 78.0 Å². The highest BCUT2D eigenvalue weighted by atomic mass is 35.5. The molecule has 0 fully saturated rings. The molecule has 0 aromatic carbocycles. The molecule has 90 valence electrons. The van der Waals surface area contributed by atoms with Crippen LogP contribution in [0.5, 0.6) is 0 Å². The number of aromatic amines is 1. The number of rotatable bonds is 6. The molecule has 0 aliphatic rings. The van der Waals surface area contributed by atoms with E-state index in [4.69, 9.17) is 16.7 Å². The molecule has 1 unspecified atom stereocenters. The van der Waals surface area contributed by atoms with E-state index in [1.165, 1.54) is 6.33 Å². The first kappa shape index (κ1) is 13.0. The molecule has 0 aliphatic heterocycles. The molecule has 0 aliphatic carbocycles. The van der Waals surface area contributed by atoms with Crippen LogP contribution >= 0.6 is 11.6 Å². The summed E-state index contributed by atoms with van der Waals surface area (Å²) < 4.78 is 0. The van der Waals surface area contributed by atoms with Crippen LogP contribution in [-0.4, -0.2) is 28.2 Å². The summed E-state index contributed by atoms with van der Waals surface area (Å²) in [6.45, 7) is 2.86. The van der Waals surface area contributed by atoms with Crippen LogP contribution < -0.4 is 10.9 Å². The van der Waals surface area contributed by atoms with Gasteiger partial charge >= 0.3 is 0 Å². The zero-order valence-electron chi connectivity index (χ0n) is 9.16. The summed E-state index contributed by atoms with van der Waals surface area (Å²) in [4.78, 5) is 17.5. The Morgan fingerprint density at radius 2 is 2.44 bits per heavy atom. The van der Waals surface area contributed by atoms with E-state index in [1.807, 2.05) is 0 Å². The van der Waals surface area contributed by atoms with E-state index in [0.717, 1.165) is 12.8 Å². The maximum Gasteiger partial charge on any atom is 0.271 e. The van der Waals surface area contributed by atoms with Gasteiger partial charge in [-0.05, 0) is 12.3 Å². The van der Waals surface area contributed by atoms with E-state index >= 15 is 0 Å². The second kappa shape index (κ2) is 6.50. The Hall–Kier alpha value is -1.07. The van der Waals surface area contributed by atoms with Gasteiger partial charge in [0.05, 0.1) is 6.33 Å². The summed E-state index contributed by atoms with van der Waals surface area (Å²) in [5, 5.41) is 11.9. The molecule has 1 aromatic heterocycles. The second-order valence-corrected chi connectivity index (χ2v) is 3.94. The van der Waals surface area contributed by atoms with E-state index in [-0.39, 0.29) is 17.2 Å². The van der Waals surface area contributed by atoms with Crippen molar-refractivity contribution in [2.45, 2.75) is 19.8 Å². The van der Waals surface area contributed by atoms with Gasteiger partial charge in [-0.2, -0.15) is 0 Å². The van der Waals surface area contributed by atoms with Crippen LogP contribution in [0.25, 0.3) is 0 Å². The highest BCUT2D eigenvalue weighted by Gasteiger charge is 2.09. The SMILES string of the molecule is CCC(CCO)CNc1nc[nH]c(=O)c1Cl. The summed E-state index contributed by atoms with van der Waals surface area (Å²) in [6, 6.07) is 0. The van der Waals surface area contributed by atoms with Crippen molar-refractivity contribution in [3.05, 3.63) is 21.7 Å². The summed E-state index contributed by atoms with van der Waals surface area (Å²) in [5.74, 6) is 0.740. The third kappa shape index (κ3) is 3.50. The molecular formula is C10H16ClN3O2. The predicted octanol–water partition coefficient (Wildman–Crippen LogP) is 1.24. The average molecular weight is 246 g/mol. The second-order valence-electron chi connectivity index (χ2n) is 3.56. The molecule has 0 spiro atoms. The van der Waals surface area contributed by atoms with E-state index in [0.29, 0.717) is 18.3 Å². The molecule has 5 nitrogen and oxygen atoms in total. The van der Waals surface area contributed by atoms with Crippen LogP contribution in [0.3, 0.4) is 0 Å². The van der Waals surface area contributed by atoms with Gasteiger partial charge in [-0.3, -0.25) is 4.79 Å². The van der Waals surface area contributed by atoms with E-state index in [2.05, 4.69) is 22.2 Å². The smallest absolute Gasteiger partial charge is 0.271 e. The molecule has 0 amide bonds. The summed E-state index contributed by atoms with van der Waals surface area (Å²) in [5.41, 5.74) is -0.352. The van der Waals surface area contributed by atoms with E-state index < -0.39 is 0 Å². The molecule has 1 rings (SSSR count). The number of aliphatic hydroxyl groups is 1. The van der Waals surface area contributed by atoms with Gasteiger partial charge in [0, 0.05) is 13.2 Å². The van der Waals surface area contributed by atoms with Gasteiger partial charge < -0.3 is 15.4 Å². The molecular weight excluding hydrogens is 230 g/mol. The molecule has 0 saturated carbocycles. The quantitative estimate of drug-likeness (QED) is 0.705. The van der Waals surface area contributed by atoms with Gasteiger partial charge in [-0.15, -0.1) is 0 Å². The number of aliphatic hydroxyl groups excluding tert-OH is 1. The predicted molar refractivity (Wildman–Crippen MR) is 63.8 cm³/mol. The molecule has 0 radical (unpaired) electrons. The summed E-state index contributed by atoms with van der Waals surface area (Å²) in [6.07, 6.45) is 2.99. The fourth-order valence-electron chi connectivity index (χ4n) is 1.38. The number of nitrogens with zero attached hydrogens (tertiary/aromatic N) is 1. The first-order valence-corrected chi connectivity index (χ1v) is 5.64. The number of nitrogens with one attached hydrogen (secondary N) is 2. The maximum atomic E-state index is 11.2. The van der Waals surface area contributed by atoms with Gasteiger partial charge in [0.15, 0.2) is 5.82 Å². The lowest BCUT2D eigenvalue weighted by molar-refractivity contribution is 0.258. The van der Waals surface area contributed by atoms with Crippen molar-refractivity contribution >= 4 is 17.4 Å². The Kier molecular flexibility index (Phi) is 5.28. The monoisotopic (exact) mass is 245 g/mol. The van der Waals surface area contributed by atoms with Crippen LogP contribution in [0.15, 0.2) is 11.1 Å². The number of hydrogen-bond acceptors (Lipinski definition) is 4. The molecule has 3 N–H and O–H groups in total. The Morgan fingerprint density at radius 3 is 3.06 bits per heavy atom. The van der Waals surface area contributed by atoms with Gasteiger partial charge in [0.1, 0.15) is 5.02 Å². The van der Waals surface area contributed by atoms with Gasteiger partial charge in [-0.25, -0.2) is 4.98 Å². The van der Waals surface area contributed by atoms with E-state index in [1.54, 1.807) is 0 Å². The largest absolute Gasteiger partial charge is 0.396 e. The van der Waals surface area contributed by atoms with Crippen molar-refractivity contribution < 1.29 is 5.11 Å². The number of hydrogen-bond donors (Lipinski definition) is 3. The Morgan fingerprint density at radius 1 is 1.69 bits per heavy atom. The standard InChI is InChI=1S/C10H16ClN3O2/c1-2-7(3-4-15)5-12-9-8(11)10(16)14-6-13-9/h6-7,15H,2-5H2,1H3,(H2,12,13,14,16). The average Bonchev–Trinajstić information content (AvgIpc) is 2.29. The van der Waals surface area contributed by atoms with Crippen molar-refractivity contribution in [2.24, 2.45) is 5.92 Å². The minimum absolute atomic E-state index is 0.0707. The maximum absolute atomic E-state index is 11.2. The van der Waals surface area contributed by atoms with Crippen LogP contribution in [0.1, 0.15) is 19.8 Å². The third-order valence-corrected chi connectivity index (χ3v) is 2.82. The molecule has 1 heterocycles. The minimum Gasteiger partial charge on any atom is -0.396 e. The lowest BCUT2D eigenvalue weighted by atomic mass is 10.0. The van der Waals surface area contributed by atoms with Crippen LogP contribution in [-0.2, 0) is 0 Å². The summed E-state index contributed by atoms with van der Waals surface area (Å²) in [7, 11) is 0. The lowest BCUT2D eigenvalue weighted by Crippen LogP contribution is -2.18. The van der Waals surface area contributed by atoms with Gasteiger partial charge in [0.25, 0.3) is 5.56 Å². The minimum atomic E-state index is -0.352. The van der Waals surface area contributed by atoms with Crippen LogP contribution in [0.2, 0.25) is 5.02 Å². The van der Waals surface area contributed by atoms with Crippen molar-refractivity contribution in [3.63, 3.8) is 0 Å². The Labute approximate surface area is 98.9 Å². The number of aromatic nitrogens is 2. The molecule has 1 atom stereocenters. The first-order valence-electron chi connectivity index (χ1n) is 5.27. The first-order chi connectivity index (χ1) is 7.69. The fourth-order valence-corrected chi connectivity index (χ4v) is 1.55. The van der Waals surface area contributed by atoms with Gasteiger partial charge in [0.2, 0.25) is 0 Å². The fraction of sp³-hybridized carbons (Fsp3) is 0.600. The summed E-state index contributed by atoms with van der Waals surface area (Å²) >= 11 is 5.78. The van der Waals surface area contributed by atoms with Crippen LogP contribution in [0.4, 0.5) is 5.82 Å². The molecule has 6 heteroatoms. The van der Waals surface area contributed by atoms with Crippen molar-refractivity contribution in [2.75, 3.05) is 18.5 Å². The van der Waals surface area contributed by atoms with E-state index in [9.17, 15) is 4.79 Å². The Bertz CT molecular complexity index is 381. The Balaban J connectivity index is 2.60. The third-order valence-electron chi connectivity index (χ3n) is 2.47. The molecule has 1 aromatic rings. The molecule has 0 saturated heterocycles. The van der Waals surface area contributed by atoms with Crippen LogP contribution in [0, 0.1) is 5.92 Å². The van der Waals surface area contributed by atoms with Gasteiger partial charge in [-0.1, -0.05) is 24.9 Å².